The summed E-state index contributed by atoms with van der Waals surface area (Å²) in [7, 11) is -1.79. The number of sulfonamides is 1. The largest absolute Gasteiger partial charge is 0.395 e. The smallest absolute Gasteiger partial charge is 0.274 e. The maximum Gasteiger partial charge on any atom is 0.274 e. The van der Waals surface area contributed by atoms with Crippen LogP contribution in [0.25, 0.3) is 10.9 Å². The summed E-state index contributed by atoms with van der Waals surface area (Å²) in [5, 5.41) is 13.2. The molecule has 1 spiro atoms. The lowest BCUT2D eigenvalue weighted by atomic mass is 9.93. The number of piperidine rings is 2. The van der Waals surface area contributed by atoms with Crippen molar-refractivity contribution in [1.29, 1.82) is 0 Å². The number of carbonyl (C=O) groups is 1. The number of aliphatic hydroxyl groups excluding tert-OH is 1. The summed E-state index contributed by atoms with van der Waals surface area (Å²) in [6.45, 7) is 3.23. The maximum absolute atomic E-state index is 13.7. The molecule has 7 rings (SSSR count). The number of amides is 1. The fraction of sp³-hybridized carbons (Fsp3) is 0.517. The second-order valence-corrected chi connectivity index (χ2v) is 13.9. The van der Waals surface area contributed by atoms with E-state index in [0.29, 0.717) is 22.5 Å². The van der Waals surface area contributed by atoms with E-state index in [1.807, 2.05) is 25.4 Å². The van der Waals surface area contributed by atoms with E-state index in [-0.39, 0.29) is 24.0 Å². The van der Waals surface area contributed by atoms with Gasteiger partial charge in [0.05, 0.1) is 28.4 Å². The third-order valence-corrected chi connectivity index (χ3v) is 10.9. The zero-order valence-electron chi connectivity index (χ0n) is 22.8. The molecular formula is C29H36N6O4S. The molecule has 2 saturated heterocycles. The molecular weight excluding hydrogens is 528 g/mol. The Morgan fingerprint density at radius 1 is 1.07 bits per heavy atom. The van der Waals surface area contributed by atoms with Gasteiger partial charge in [-0.1, -0.05) is 0 Å². The molecule has 1 aromatic carbocycles. The first kappa shape index (κ1) is 25.8. The fourth-order valence-electron chi connectivity index (χ4n) is 6.60. The van der Waals surface area contributed by atoms with Crippen molar-refractivity contribution >= 4 is 44.0 Å². The van der Waals surface area contributed by atoms with Gasteiger partial charge < -0.3 is 24.8 Å². The van der Waals surface area contributed by atoms with E-state index >= 15 is 0 Å². The zero-order chi connectivity index (χ0) is 27.6. The zero-order valence-corrected chi connectivity index (χ0v) is 23.6. The lowest BCUT2D eigenvalue weighted by Gasteiger charge is -2.35. The van der Waals surface area contributed by atoms with Crippen molar-refractivity contribution in [3.63, 3.8) is 0 Å². The summed E-state index contributed by atoms with van der Waals surface area (Å²) >= 11 is 0. The Labute approximate surface area is 234 Å². The van der Waals surface area contributed by atoms with Crippen molar-refractivity contribution in [3.8, 4) is 0 Å². The van der Waals surface area contributed by atoms with Gasteiger partial charge >= 0.3 is 0 Å². The summed E-state index contributed by atoms with van der Waals surface area (Å²) in [6.07, 6.45) is 7.94. The van der Waals surface area contributed by atoms with Crippen LogP contribution < -0.4 is 19.8 Å². The lowest BCUT2D eigenvalue weighted by Crippen LogP contribution is -2.35. The highest BCUT2D eigenvalue weighted by Gasteiger charge is 2.46. The molecule has 2 saturated carbocycles. The molecule has 4 fully saturated rings. The molecule has 4 aliphatic rings. The van der Waals surface area contributed by atoms with Crippen LogP contribution in [0.4, 0.5) is 17.2 Å². The quantitative estimate of drug-likeness (QED) is 0.385. The first-order valence-electron chi connectivity index (χ1n) is 14.3. The summed E-state index contributed by atoms with van der Waals surface area (Å²) < 4.78 is 30.2. The number of aliphatic hydroxyl groups is 1. The third-order valence-electron chi connectivity index (χ3n) is 9.40. The number of hydrogen-bond acceptors (Lipinski definition) is 7. The van der Waals surface area contributed by atoms with Gasteiger partial charge in [-0.3, -0.25) is 4.79 Å². The van der Waals surface area contributed by atoms with Crippen molar-refractivity contribution in [2.24, 2.45) is 24.3 Å². The highest BCUT2D eigenvalue weighted by molar-refractivity contribution is 7.89. The molecule has 3 N–H and O–H groups in total. The van der Waals surface area contributed by atoms with Crippen molar-refractivity contribution < 1.29 is 18.3 Å². The number of anilines is 3. The molecule has 2 aromatic heterocycles. The van der Waals surface area contributed by atoms with Gasteiger partial charge in [0.15, 0.2) is 5.82 Å². The summed E-state index contributed by atoms with van der Waals surface area (Å²) in [5.74, 6) is 2.00. The molecule has 4 heterocycles. The number of carbonyl (C=O) groups excluding carboxylic acids is 1. The van der Waals surface area contributed by atoms with Gasteiger partial charge in [-0.05, 0) is 79.7 Å². The Balaban J connectivity index is 1.21. The van der Waals surface area contributed by atoms with E-state index in [2.05, 4.69) is 24.4 Å². The molecule has 40 heavy (non-hydrogen) atoms. The van der Waals surface area contributed by atoms with Crippen LogP contribution in [0.15, 0.2) is 41.4 Å². The first-order chi connectivity index (χ1) is 19.2. The minimum Gasteiger partial charge on any atom is -0.395 e. The minimum absolute atomic E-state index is 0.0587. The topological polar surface area (TPSA) is 120 Å². The minimum atomic E-state index is -3.80. The lowest BCUT2D eigenvalue weighted by molar-refractivity contribution is 0.102. The van der Waals surface area contributed by atoms with E-state index in [0.717, 1.165) is 67.6 Å². The van der Waals surface area contributed by atoms with Crippen molar-refractivity contribution in [2.45, 2.75) is 37.0 Å². The van der Waals surface area contributed by atoms with Crippen molar-refractivity contribution in [3.05, 3.63) is 42.2 Å². The standard InChI is InChI=1S/C29H36N6O4S/c1-33-10-4-19-15-24(31-27(26(19)33)35-17-20-14-21(20)18-35)28(37)32-23-3-2-22(40(38,39)30-9-13-36)16-25(23)34-11-7-29(5-6-29)8-12-34/h2-4,10,15-16,20-21,30,36H,5-9,11-14,17-18H2,1H3,(H,32,37). The van der Waals surface area contributed by atoms with E-state index in [9.17, 15) is 13.2 Å². The van der Waals surface area contributed by atoms with Crippen LogP contribution in [0.3, 0.4) is 0 Å². The highest BCUT2D eigenvalue weighted by Crippen LogP contribution is 2.54. The van der Waals surface area contributed by atoms with Crippen LogP contribution in [0, 0.1) is 17.3 Å². The number of aromatic nitrogens is 2. The van der Waals surface area contributed by atoms with Crippen LogP contribution in [0.5, 0.6) is 0 Å². The predicted molar refractivity (Wildman–Crippen MR) is 154 cm³/mol. The molecule has 10 nitrogen and oxygen atoms in total. The van der Waals surface area contributed by atoms with Gasteiger partial charge in [0.2, 0.25) is 10.0 Å². The fourth-order valence-corrected chi connectivity index (χ4v) is 7.64. The van der Waals surface area contributed by atoms with Crippen molar-refractivity contribution in [2.75, 3.05) is 54.4 Å². The molecule has 0 radical (unpaired) electrons. The van der Waals surface area contributed by atoms with Gasteiger partial charge in [0, 0.05) is 51.4 Å². The second-order valence-electron chi connectivity index (χ2n) is 12.1. The Morgan fingerprint density at radius 3 is 2.52 bits per heavy atom. The normalized spacial score (nSPS) is 23.1. The van der Waals surface area contributed by atoms with E-state index < -0.39 is 10.0 Å². The maximum atomic E-state index is 13.7. The van der Waals surface area contributed by atoms with Crippen LogP contribution in [-0.4, -0.2) is 68.3 Å². The molecule has 1 amide bonds. The van der Waals surface area contributed by atoms with E-state index in [4.69, 9.17) is 10.1 Å². The van der Waals surface area contributed by atoms with Gasteiger partial charge in [-0.15, -0.1) is 0 Å². The summed E-state index contributed by atoms with van der Waals surface area (Å²) in [6, 6.07) is 8.65. The number of nitrogens with zero attached hydrogens (tertiary/aromatic N) is 4. The number of benzene rings is 1. The Kier molecular flexibility index (Phi) is 6.10. The van der Waals surface area contributed by atoms with Gasteiger partial charge in [-0.25, -0.2) is 18.1 Å². The molecule has 212 valence electrons. The average molecular weight is 565 g/mol. The summed E-state index contributed by atoms with van der Waals surface area (Å²) in [5.41, 5.74) is 3.09. The van der Waals surface area contributed by atoms with Crippen LogP contribution in [0.2, 0.25) is 0 Å². The molecule has 2 aliphatic heterocycles. The molecule has 3 aromatic rings. The first-order valence-corrected chi connectivity index (χ1v) is 15.8. The molecule has 2 atom stereocenters. The highest BCUT2D eigenvalue weighted by atomic mass is 32.2. The number of pyridine rings is 1. The predicted octanol–water partition coefficient (Wildman–Crippen LogP) is 2.93. The van der Waals surface area contributed by atoms with Gasteiger partial charge in [-0.2, -0.15) is 0 Å². The summed E-state index contributed by atoms with van der Waals surface area (Å²) in [4.78, 5) is 23.2. The number of hydrogen-bond donors (Lipinski definition) is 3. The average Bonchev–Trinajstić information content (AvgIpc) is 3.81. The number of fused-ring (bicyclic) bond motifs is 2. The van der Waals surface area contributed by atoms with Gasteiger partial charge in [0.1, 0.15) is 5.69 Å². The van der Waals surface area contributed by atoms with Gasteiger partial charge in [0.25, 0.3) is 5.91 Å². The Bertz CT molecular complexity index is 1580. The Hall–Kier alpha value is -3.15. The molecule has 2 unspecified atom stereocenters. The van der Waals surface area contributed by atoms with Crippen molar-refractivity contribution in [1.82, 2.24) is 14.3 Å². The molecule has 0 bridgehead atoms. The number of nitrogens with one attached hydrogen (secondary N) is 2. The molecule has 2 aliphatic carbocycles. The number of aryl methyl sites for hydroxylation is 1. The SMILES string of the molecule is Cn1ccc2cc(C(=O)Nc3ccc(S(=O)(=O)NCCO)cc3N3CCC4(CC3)CC4)nc(N3CC4CC4C3)c21. The van der Waals surface area contributed by atoms with Crippen LogP contribution in [0.1, 0.15) is 42.6 Å². The van der Waals surface area contributed by atoms with E-state index in [1.165, 1.54) is 25.3 Å². The second kappa shape index (κ2) is 9.46. The van der Waals surface area contributed by atoms with E-state index in [1.54, 1.807) is 12.1 Å². The third kappa shape index (κ3) is 4.63. The van der Waals surface area contributed by atoms with Crippen LogP contribution in [-0.2, 0) is 17.1 Å². The molecule has 11 heteroatoms. The monoisotopic (exact) mass is 564 g/mol. The van der Waals surface area contributed by atoms with Crippen LogP contribution >= 0.6 is 0 Å². The Morgan fingerprint density at radius 2 is 1.82 bits per heavy atom. The number of rotatable bonds is 8.